The Morgan fingerprint density at radius 1 is 1.46 bits per heavy atom. The van der Waals surface area contributed by atoms with Crippen LogP contribution in [-0.4, -0.2) is 52.2 Å². The number of carbonyl (C=O) groups is 3. The molecule has 3 N–H and O–H groups in total. The molecule has 72 valence electrons. The van der Waals surface area contributed by atoms with Crippen molar-refractivity contribution in [3.8, 4) is 0 Å². The van der Waals surface area contributed by atoms with Crippen LogP contribution in [0.5, 0.6) is 0 Å². The van der Waals surface area contributed by atoms with E-state index in [2.05, 4.69) is 5.32 Å². The van der Waals surface area contributed by atoms with E-state index < -0.39 is 24.0 Å². The van der Waals surface area contributed by atoms with E-state index in [4.69, 9.17) is 10.2 Å². The Balaban J connectivity index is 2.68. The van der Waals surface area contributed by atoms with Crippen LogP contribution in [0, 0.1) is 0 Å². The minimum absolute atomic E-state index is 0.212. The van der Waals surface area contributed by atoms with Gasteiger partial charge in [-0.25, -0.2) is 9.59 Å². The molecule has 0 aromatic rings. The van der Waals surface area contributed by atoms with E-state index in [0.29, 0.717) is 0 Å². The van der Waals surface area contributed by atoms with Gasteiger partial charge in [-0.1, -0.05) is 0 Å². The zero-order valence-corrected chi connectivity index (χ0v) is 6.56. The molecule has 0 unspecified atom stereocenters. The second-order valence-electron chi connectivity index (χ2n) is 2.62. The van der Waals surface area contributed by atoms with Crippen molar-refractivity contribution >= 4 is 18.0 Å². The fraction of sp³-hybridized carbons (Fsp3) is 0.500. The highest BCUT2D eigenvalue weighted by molar-refractivity contribution is 5.88. The fourth-order valence-electron chi connectivity index (χ4n) is 1.03. The number of carbonyl (C=O) groups excluding carboxylic acids is 1. The molecule has 13 heavy (non-hydrogen) atoms. The minimum Gasteiger partial charge on any atom is -0.480 e. The van der Waals surface area contributed by atoms with E-state index in [0.717, 1.165) is 4.90 Å². The second-order valence-corrected chi connectivity index (χ2v) is 2.62. The molecule has 0 aromatic heterocycles. The lowest BCUT2D eigenvalue weighted by Gasteiger charge is -2.28. The monoisotopic (exact) mass is 188 g/mol. The standard InChI is InChI=1S/C6H8N2O5/c9-4-2-8(6(12)13)1-3(7-4)5(10)11/h3H,1-2H2,(H,7,9)(H,10,11)(H,12,13)/t3-/m1/s1. The first-order valence-electron chi connectivity index (χ1n) is 3.50. The van der Waals surface area contributed by atoms with Gasteiger partial charge in [-0.3, -0.25) is 9.69 Å². The third-order valence-corrected chi connectivity index (χ3v) is 1.64. The maximum atomic E-state index is 10.8. The minimum atomic E-state index is -1.29. The molecule has 7 nitrogen and oxygen atoms in total. The summed E-state index contributed by atoms with van der Waals surface area (Å²) in [6.45, 7) is -0.518. The van der Waals surface area contributed by atoms with Crippen LogP contribution in [0.2, 0.25) is 0 Å². The van der Waals surface area contributed by atoms with Gasteiger partial charge in [-0.05, 0) is 0 Å². The summed E-state index contributed by atoms with van der Waals surface area (Å²) in [6, 6.07) is -1.14. The zero-order valence-electron chi connectivity index (χ0n) is 6.56. The third-order valence-electron chi connectivity index (χ3n) is 1.64. The van der Waals surface area contributed by atoms with E-state index in [-0.39, 0.29) is 13.1 Å². The number of carboxylic acid groups (broad SMARTS) is 2. The number of amides is 2. The molecule has 7 heteroatoms. The van der Waals surface area contributed by atoms with Gasteiger partial charge in [0.25, 0.3) is 0 Å². The average molecular weight is 188 g/mol. The van der Waals surface area contributed by atoms with Crippen molar-refractivity contribution in [2.24, 2.45) is 0 Å². The summed E-state index contributed by atoms with van der Waals surface area (Å²) in [6.07, 6.45) is -1.29. The number of aliphatic carboxylic acids is 1. The second kappa shape index (κ2) is 3.30. The molecule has 0 saturated carbocycles. The van der Waals surface area contributed by atoms with Gasteiger partial charge in [0.15, 0.2) is 0 Å². The first-order valence-corrected chi connectivity index (χ1v) is 3.50. The van der Waals surface area contributed by atoms with E-state index >= 15 is 0 Å². The molecular formula is C6H8N2O5. The van der Waals surface area contributed by atoms with Crippen molar-refractivity contribution in [3.63, 3.8) is 0 Å². The topological polar surface area (TPSA) is 107 Å². The lowest BCUT2D eigenvalue weighted by molar-refractivity contribution is -0.144. The molecule has 1 atom stereocenters. The predicted octanol–water partition coefficient (Wildman–Crippen LogP) is -1.45. The maximum absolute atomic E-state index is 10.8. The molecule has 1 rings (SSSR count). The van der Waals surface area contributed by atoms with Crippen LogP contribution >= 0.6 is 0 Å². The molecular weight excluding hydrogens is 180 g/mol. The Kier molecular flexibility index (Phi) is 2.36. The first kappa shape index (κ1) is 9.30. The zero-order chi connectivity index (χ0) is 10.0. The molecule has 0 spiro atoms. The summed E-state index contributed by atoms with van der Waals surface area (Å²) in [5.41, 5.74) is 0. The molecule has 0 bridgehead atoms. The molecule has 0 radical (unpaired) electrons. The molecule has 1 heterocycles. The van der Waals surface area contributed by atoms with E-state index in [1.807, 2.05) is 0 Å². The Labute approximate surface area is 72.9 Å². The predicted molar refractivity (Wildman–Crippen MR) is 39.2 cm³/mol. The normalized spacial score (nSPS) is 22.3. The number of hydrogen-bond acceptors (Lipinski definition) is 3. The number of hydrogen-bond donors (Lipinski definition) is 3. The van der Waals surface area contributed by atoms with Crippen molar-refractivity contribution in [1.29, 1.82) is 0 Å². The van der Waals surface area contributed by atoms with Crippen molar-refractivity contribution < 1.29 is 24.6 Å². The van der Waals surface area contributed by atoms with Crippen LogP contribution < -0.4 is 5.32 Å². The van der Waals surface area contributed by atoms with Crippen LogP contribution in [0.25, 0.3) is 0 Å². The smallest absolute Gasteiger partial charge is 0.407 e. The summed E-state index contributed by atoms with van der Waals surface area (Å²) in [5.74, 6) is -1.83. The van der Waals surface area contributed by atoms with Crippen molar-refractivity contribution in [1.82, 2.24) is 10.2 Å². The van der Waals surface area contributed by atoms with Gasteiger partial charge in [0.2, 0.25) is 5.91 Å². The molecule has 2 amide bonds. The summed E-state index contributed by atoms with van der Waals surface area (Å²) < 4.78 is 0. The van der Waals surface area contributed by atoms with Crippen molar-refractivity contribution in [2.75, 3.05) is 13.1 Å². The van der Waals surface area contributed by atoms with Crippen LogP contribution in [0.3, 0.4) is 0 Å². The molecule has 0 aromatic carbocycles. The van der Waals surface area contributed by atoms with E-state index in [9.17, 15) is 14.4 Å². The SMILES string of the molecule is O=C1CN(C(=O)O)C[C@H](C(=O)O)N1. The first-order chi connectivity index (χ1) is 6.00. The fourth-order valence-corrected chi connectivity index (χ4v) is 1.03. The quantitative estimate of drug-likeness (QED) is 0.466. The van der Waals surface area contributed by atoms with Gasteiger partial charge in [-0.2, -0.15) is 0 Å². The number of carboxylic acids is 1. The number of nitrogens with zero attached hydrogens (tertiary/aromatic N) is 1. The van der Waals surface area contributed by atoms with Gasteiger partial charge < -0.3 is 15.5 Å². The Morgan fingerprint density at radius 2 is 2.08 bits per heavy atom. The summed E-state index contributed by atoms with van der Waals surface area (Å²) in [7, 11) is 0. The third kappa shape index (κ3) is 2.08. The van der Waals surface area contributed by atoms with Gasteiger partial charge in [-0.15, -0.1) is 0 Å². The highest BCUT2D eigenvalue weighted by Gasteiger charge is 2.31. The van der Waals surface area contributed by atoms with E-state index in [1.165, 1.54) is 0 Å². The van der Waals surface area contributed by atoms with Gasteiger partial charge in [0.1, 0.15) is 12.6 Å². The number of piperazine rings is 1. The van der Waals surface area contributed by atoms with Crippen molar-refractivity contribution in [3.05, 3.63) is 0 Å². The molecule has 1 aliphatic rings. The van der Waals surface area contributed by atoms with Crippen LogP contribution in [-0.2, 0) is 9.59 Å². The largest absolute Gasteiger partial charge is 0.480 e. The number of nitrogens with one attached hydrogen (secondary N) is 1. The molecule has 0 aliphatic carbocycles. The highest BCUT2D eigenvalue weighted by atomic mass is 16.4. The average Bonchev–Trinajstić information content (AvgIpc) is 2.03. The van der Waals surface area contributed by atoms with E-state index in [1.54, 1.807) is 0 Å². The Bertz CT molecular complexity index is 240. The summed E-state index contributed by atoms with van der Waals surface area (Å²) in [5, 5.41) is 19.2. The molecule has 1 fully saturated rings. The molecule has 1 aliphatic heterocycles. The highest BCUT2D eigenvalue weighted by Crippen LogP contribution is 2.00. The van der Waals surface area contributed by atoms with Crippen molar-refractivity contribution in [2.45, 2.75) is 6.04 Å². The Hall–Kier alpha value is -1.79. The maximum Gasteiger partial charge on any atom is 0.407 e. The van der Waals surface area contributed by atoms with Gasteiger partial charge >= 0.3 is 12.1 Å². The van der Waals surface area contributed by atoms with Gasteiger partial charge in [0.05, 0.1) is 6.54 Å². The number of rotatable bonds is 1. The van der Waals surface area contributed by atoms with Gasteiger partial charge in [0, 0.05) is 0 Å². The summed E-state index contributed by atoms with van der Waals surface area (Å²) >= 11 is 0. The summed E-state index contributed by atoms with van der Waals surface area (Å²) in [4.78, 5) is 32.4. The molecule has 1 saturated heterocycles. The van der Waals surface area contributed by atoms with Crippen LogP contribution in [0.1, 0.15) is 0 Å². The van der Waals surface area contributed by atoms with Crippen LogP contribution in [0.15, 0.2) is 0 Å². The Morgan fingerprint density at radius 3 is 2.54 bits per heavy atom. The lowest BCUT2D eigenvalue weighted by Crippen LogP contribution is -2.58. The van der Waals surface area contributed by atoms with Crippen LogP contribution in [0.4, 0.5) is 4.79 Å². The lowest BCUT2D eigenvalue weighted by atomic mass is 10.2.